The molecule has 2 heterocycles. The van der Waals surface area contributed by atoms with Crippen LogP contribution in [0, 0.1) is 11.3 Å². The first kappa shape index (κ1) is 18.3. The molecule has 0 N–H and O–H groups in total. The second-order valence-electron chi connectivity index (χ2n) is 5.65. The minimum absolute atomic E-state index is 0.0161. The molecule has 1 aromatic carbocycles. The van der Waals surface area contributed by atoms with Gasteiger partial charge in [-0.15, -0.1) is 0 Å². The molecule has 3 rings (SSSR count). The molecule has 1 amide bonds. The maximum Gasteiger partial charge on any atom is 0.257 e. The van der Waals surface area contributed by atoms with E-state index in [2.05, 4.69) is 4.98 Å². The second kappa shape index (κ2) is 7.41. The Bertz CT molecular complexity index is 979. The molecule has 1 aliphatic heterocycles. The van der Waals surface area contributed by atoms with Gasteiger partial charge >= 0.3 is 0 Å². The molecule has 1 aliphatic rings. The third-order valence-corrected chi connectivity index (χ3v) is 6.40. The Hall–Kier alpha value is -2.47. The highest BCUT2D eigenvalue weighted by atomic mass is 35.5. The standard InChI is InChI=1S/C17H15ClN4O3S/c18-16-14(5-3-7-20-16)17(23)21-8-10-22(11-9-21)26(24,25)15-6-2-1-4-13(15)12-19/h1-7H,8-11H2. The SMILES string of the molecule is N#Cc1ccccc1S(=O)(=O)N1CCN(C(=O)c2cccnc2Cl)CC1. The number of amides is 1. The third kappa shape index (κ3) is 3.42. The van der Waals surface area contributed by atoms with Crippen molar-refractivity contribution in [2.75, 3.05) is 26.2 Å². The Morgan fingerprint density at radius 1 is 1.12 bits per heavy atom. The molecule has 1 aromatic heterocycles. The normalized spacial score (nSPS) is 15.5. The number of pyridine rings is 1. The Kier molecular flexibility index (Phi) is 5.23. The minimum atomic E-state index is -3.79. The van der Waals surface area contributed by atoms with Crippen molar-refractivity contribution in [2.45, 2.75) is 4.90 Å². The van der Waals surface area contributed by atoms with Gasteiger partial charge in [0.1, 0.15) is 11.2 Å². The molecule has 1 saturated heterocycles. The van der Waals surface area contributed by atoms with Gasteiger partial charge in [-0.3, -0.25) is 4.79 Å². The molecule has 1 fully saturated rings. The Morgan fingerprint density at radius 3 is 2.46 bits per heavy atom. The van der Waals surface area contributed by atoms with Crippen molar-refractivity contribution in [3.05, 3.63) is 58.9 Å². The average Bonchev–Trinajstić information content (AvgIpc) is 2.68. The van der Waals surface area contributed by atoms with Gasteiger partial charge in [0.2, 0.25) is 10.0 Å². The summed E-state index contributed by atoms with van der Waals surface area (Å²) >= 11 is 5.96. The maximum atomic E-state index is 12.8. The topological polar surface area (TPSA) is 94.4 Å². The molecule has 2 aromatic rings. The lowest BCUT2D eigenvalue weighted by atomic mass is 10.2. The van der Waals surface area contributed by atoms with Crippen LogP contribution >= 0.6 is 11.6 Å². The molecular formula is C17H15ClN4O3S. The lowest BCUT2D eigenvalue weighted by molar-refractivity contribution is 0.0697. The Labute approximate surface area is 156 Å². The van der Waals surface area contributed by atoms with Crippen molar-refractivity contribution in [3.8, 4) is 6.07 Å². The molecule has 7 nitrogen and oxygen atoms in total. The van der Waals surface area contributed by atoms with Crippen molar-refractivity contribution in [1.82, 2.24) is 14.2 Å². The average molecular weight is 391 g/mol. The summed E-state index contributed by atoms with van der Waals surface area (Å²) in [6.07, 6.45) is 1.50. The van der Waals surface area contributed by atoms with Crippen LogP contribution in [-0.2, 0) is 10.0 Å². The first-order valence-electron chi connectivity index (χ1n) is 7.84. The van der Waals surface area contributed by atoms with Crippen molar-refractivity contribution in [2.24, 2.45) is 0 Å². The summed E-state index contributed by atoms with van der Waals surface area (Å²) in [7, 11) is -3.79. The van der Waals surface area contributed by atoms with Crippen LogP contribution in [0.4, 0.5) is 0 Å². The molecular weight excluding hydrogens is 376 g/mol. The summed E-state index contributed by atoms with van der Waals surface area (Å²) in [6.45, 7) is 0.757. The van der Waals surface area contributed by atoms with E-state index >= 15 is 0 Å². The molecule has 0 bridgehead atoms. The molecule has 0 saturated carbocycles. The number of hydrogen-bond acceptors (Lipinski definition) is 5. The monoisotopic (exact) mass is 390 g/mol. The fraction of sp³-hybridized carbons (Fsp3) is 0.235. The first-order chi connectivity index (χ1) is 12.4. The summed E-state index contributed by atoms with van der Waals surface area (Å²) in [4.78, 5) is 18.0. The van der Waals surface area contributed by atoms with Crippen molar-refractivity contribution >= 4 is 27.5 Å². The molecule has 0 atom stereocenters. The van der Waals surface area contributed by atoms with Gasteiger partial charge in [-0.05, 0) is 24.3 Å². The number of carbonyl (C=O) groups excluding carboxylic acids is 1. The third-order valence-electron chi connectivity index (χ3n) is 4.14. The Morgan fingerprint density at radius 2 is 1.81 bits per heavy atom. The van der Waals surface area contributed by atoms with Gasteiger partial charge in [0.05, 0.1) is 16.0 Å². The number of piperazine rings is 1. The zero-order valence-corrected chi connectivity index (χ0v) is 15.2. The summed E-state index contributed by atoms with van der Waals surface area (Å²) in [5, 5.41) is 9.26. The van der Waals surface area contributed by atoms with E-state index < -0.39 is 10.0 Å². The number of benzene rings is 1. The van der Waals surface area contributed by atoms with Gasteiger partial charge in [-0.2, -0.15) is 9.57 Å². The fourth-order valence-electron chi connectivity index (χ4n) is 2.77. The van der Waals surface area contributed by atoms with E-state index in [1.54, 1.807) is 29.2 Å². The van der Waals surface area contributed by atoms with Gasteiger partial charge in [-0.1, -0.05) is 23.7 Å². The van der Waals surface area contributed by atoms with Crippen LogP contribution in [0.1, 0.15) is 15.9 Å². The predicted octanol–water partition coefficient (Wildman–Crippen LogP) is 1.75. The summed E-state index contributed by atoms with van der Waals surface area (Å²) in [5.74, 6) is -0.280. The summed E-state index contributed by atoms with van der Waals surface area (Å²) in [5.41, 5.74) is 0.397. The summed E-state index contributed by atoms with van der Waals surface area (Å²) < 4.78 is 26.9. The number of rotatable bonds is 3. The van der Waals surface area contributed by atoms with Crippen LogP contribution in [0.2, 0.25) is 5.15 Å². The Balaban J connectivity index is 1.75. The van der Waals surface area contributed by atoms with Gasteiger partial charge in [0.25, 0.3) is 5.91 Å². The first-order valence-corrected chi connectivity index (χ1v) is 9.66. The van der Waals surface area contributed by atoms with Gasteiger partial charge in [0, 0.05) is 32.4 Å². The lowest BCUT2D eigenvalue weighted by Gasteiger charge is -2.34. The van der Waals surface area contributed by atoms with Crippen molar-refractivity contribution in [3.63, 3.8) is 0 Å². The number of nitriles is 1. The van der Waals surface area contributed by atoms with E-state index in [0.29, 0.717) is 5.56 Å². The van der Waals surface area contributed by atoms with E-state index in [4.69, 9.17) is 16.9 Å². The molecule has 0 unspecified atom stereocenters. The highest BCUT2D eigenvalue weighted by molar-refractivity contribution is 7.89. The molecule has 9 heteroatoms. The predicted molar refractivity (Wildman–Crippen MR) is 95.1 cm³/mol. The second-order valence-corrected chi connectivity index (χ2v) is 7.91. The molecule has 134 valence electrons. The highest BCUT2D eigenvalue weighted by Crippen LogP contribution is 2.22. The van der Waals surface area contributed by atoms with Gasteiger partial charge < -0.3 is 4.90 Å². The number of nitrogens with zero attached hydrogens (tertiary/aromatic N) is 4. The van der Waals surface area contributed by atoms with Crippen molar-refractivity contribution < 1.29 is 13.2 Å². The summed E-state index contributed by atoms with van der Waals surface area (Å²) in [6, 6.07) is 11.2. The molecule has 0 spiro atoms. The van der Waals surface area contributed by atoms with Crippen LogP contribution in [0.15, 0.2) is 47.5 Å². The largest absolute Gasteiger partial charge is 0.336 e. The van der Waals surface area contributed by atoms with Crippen LogP contribution in [-0.4, -0.2) is 54.7 Å². The van der Waals surface area contributed by atoms with Crippen LogP contribution in [0.25, 0.3) is 0 Å². The maximum absolute atomic E-state index is 12.8. The number of aromatic nitrogens is 1. The van der Waals surface area contributed by atoms with E-state index in [0.717, 1.165) is 0 Å². The van der Waals surface area contributed by atoms with Crippen LogP contribution in [0.3, 0.4) is 0 Å². The van der Waals surface area contributed by atoms with Gasteiger partial charge in [0.15, 0.2) is 0 Å². The fourth-order valence-corrected chi connectivity index (χ4v) is 4.53. The quantitative estimate of drug-likeness (QED) is 0.744. The van der Waals surface area contributed by atoms with E-state index in [-0.39, 0.29) is 47.7 Å². The van der Waals surface area contributed by atoms with Crippen LogP contribution in [0.5, 0.6) is 0 Å². The minimum Gasteiger partial charge on any atom is -0.336 e. The highest BCUT2D eigenvalue weighted by Gasteiger charge is 2.32. The van der Waals surface area contributed by atoms with Crippen LogP contribution < -0.4 is 0 Å². The number of hydrogen-bond donors (Lipinski definition) is 0. The number of halogens is 1. The van der Waals surface area contributed by atoms with Crippen molar-refractivity contribution in [1.29, 1.82) is 5.26 Å². The zero-order valence-electron chi connectivity index (χ0n) is 13.7. The number of sulfonamides is 1. The molecule has 0 aliphatic carbocycles. The smallest absolute Gasteiger partial charge is 0.257 e. The molecule has 0 radical (unpaired) electrons. The van der Waals surface area contributed by atoms with E-state index in [1.807, 2.05) is 6.07 Å². The van der Waals surface area contributed by atoms with E-state index in [1.165, 1.54) is 22.6 Å². The van der Waals surface area contributed by atoms with E-state index in [9.17, 15) is 13.2 Å². The number of carbonyl (C=O) groups is 1. The molecule has 26 heavy (non-hydrogen) atoms. The lowest BCUT2D eigenvalue weighted by Crippen LogP contribution is -2.50. The van der Waals surface area contributed by atoms with Gasteiger partial charge in [-0.25, -0.2) is 13.4 Å². The zero-order chi connectivity index (χ0) is 18.7.